The van der Waals surface area contributed by atoms with Gasteiger partial charge in [0.05, 0.1) is 6.54 Å². The molecule has 0 aliphatic carbocycles. The van der Waals surface area contributed by atoms with E-state index in [-0.39, 0.29) is 0 Å². The first-order valence-corrected chi connectivity index (χ1v) is 7.99. The number of aromatic nitrogens is 3. The third-order valence-electron chi connectivity index (χ3n) is 3.52. The van der Waals surface area contributed by atoms with E-state index in [9.17, 15) is 0 Å². The second kappa shape index (κ2) is 6.98. The molecule has 2 aromatic carbocycles. The summed E-state index contributed by atoms with van der Waals surface area (Å²) in [6, 6.07) is 15.7. The third-order valence-corrected chi connectivity index (χ3v) is 4.25. The van der Waals surface area contributed by atoms with E-state index in [0.29, 0.717) is 17.9 Å². The van der Waals surface area contributed by atoms with Gasteiger partial charge in [-0.15, -0.1) is 0 Å². The fraction of sp³-hybridized carbons (Fsp3) is 0.176. The lowest BCUT2D eigenvalue weighted by Gasteiger charge is -2.09. The second-order valence-electron chi connectivity index (χ2n) is 5.22. The third kappa shape index (κ3) is 3.81. The molecule has 23 heavy (non-hydrogen) atoms. The number of H-pyrrole nitrogens is 1. The maximum absolute atomic E-state index is 6.03. The molecule has 0 saturated heterocycles. The minimum atomic E-state index is 0.334. The molecule has 3 aromatic rings. The lowest BCUT2D eigenvalue weighted by atomic mass is 10.2. The molecule has 0 amide bonds. The van der Waals surface area contributed by atoms with Gasteiger partial charge in [0.1, 0.15) is 12.4 Å². The number of aromatic amines is 1. The van der Waals surface area contributed by atoms with Crippen molar-refractivity contribution < 1.29 is 4.74 Å². The molecule has 0 saturated carbocycles. The summed E-state index contributed by atoms with van der Waals surface area (Å²) in [4.78, 5) is 0. The molecule has 0 fully saturated rings. The van der Waals surface area contributed by atoms with Crippen LogP contribution in [0.2, 0.25) is 5.02 Å². The number of halogens is 1. The van der Waals surface area contributed by atoms with Crippen LogP contribution in [0.4, 0.5) is 0 Å². The zero-order valence-corrected chi connectivity index (χ0v) is 14.2. The molecule has 1 aromatic heterocycles. The largest absolute Gasteiger partial charge is 0.486 e. The van der Waals surface area contributed by atoms with Gasteiger partial charge >= 0.3 is 0 Å². The summed E-state index contributed by atoms with van der Waals surface area (Å²) in [5.41, 5.74) is 2.14. The molecular weight excluding hydrogens is 330 g/mol. The van der Waals surface area contributed by atoms with Crippen molar-refractivity contribution in [3.63, 3.8) is 0 Å². The van der Waals surface area contributed by atoms with Gasteiger partial charge in [-0.3, -0.25) is 9.67 Å². The van der Waals surface area contributed by atoms with Crippen LogP contribution in [-0.4, -0.2) is 14.8 Å². The number of nitrogens with one attached hydrogen (secondary N) is 1. The zero-order chi connectivity index (χ0) is 16.2. The molecule has 0 bridgehead atoms. The van der Waals surface area contributed by atoms with Crippen LogP contribution in [0, 0.1) is 11.7 Å². The van der Waals surface area contributed by atoms with E-state index in [0.717, 1.165) is 27.7 Å². The Balaban J connectivity index is 1.76. The van der Waals surface area contributed by atoms with E-state index in [1.165, 1.54) is 0 Å². The van der Waals surface area contributed by atoms with Crippen LogP contribution in [0.15, 0.2) is 48.5 Å². The van der Waals surface area contributed by atoms with Gasteiger partial charge in [0, 0.05) is 5.02 Å². The first kappa shape index (κ1) is 15.8. The Kier molecular flexibility index (Phi) is 4.79. The van der Waals surface area contributed by atoms with Crippen LogP contribution in [0.5, 0.6) is 5.75 Å². The van der Waals surface area contributed by atoms with Crippen molar-refractivity contribution in [1.29, 1.82) is 0 Å². The van der Waals surface area contributed by atoms with E-state index in [1.54, 1.807) is 0 Å². The molecule has 0 radical (unpaired) electrons. The Labute approximate surface area is 144 Å². The molecule has 3 rings (SSSR count). The monoisotopic (exact) mass is 345 g/mol. The molecule has 1 N–H and O–H groups in total. The number of benzene rings is 2. The quantitative estimate of drug-likeness (QED) is 0.691. The standard InChI is InChI=1S/C17H16ClN3OS/c1-12-9-14(7-8-15(12)18)22-11-16-19-20-17(23)21(16)10-13-5-3-2-4-6-13/h2-9H,10-11H2,1H3,(H,20,23). The minimum absolute atomic E-state index is 0.334. The molecular formula is C17H16ClN3OS. The van der Waals surface area contributed by atoms with E-state index in [1.807, 2.05) is 47.9 Å². The van der Waals surface area contributed by atoms with E-state index in [4.69, 9.17) is 28.6 Å². The van der Waals surface area contributed by atoms with Crippen LogP contribution in [0.1, 0.15) is 17.0 Å². The first-order chi connectivity index (χ1) is 11.1. The summed E-state index contributed by atoms with van der Waals surface area (Å²) in [5.74, 6) is 1.51. The number of rotatable bonds is 5. The highest BCUT2D eigenvalue weighted by molar-refractivity contribution is 7.71. The van der Waals surface area contributed by atoms with Gasteiger partial charge in [0.2, 0.25) is 0 Å². The minimum Gasteiger partial charge on any atom is -0.486 e. The van der Waals surface area contributed by atoms with Crippen LogP contribution < -0.4 is 4.74 Å². The van der Waals surface area contributed by atoms with Gasteiger partial charge in [-0.05, 0) is 48.5 Å². The van der Waals surface area contributed by atoms with Crippen molar-refractivity contribution in [3.05, 3.63) is 75.3 Å². The normalized spacial score (nSPS) is 10.7. The predicted molar refractivity (Wildman–Crippen MR) is 93.5 cm³/mol. The molecule has 4 nitrogen and oxygen atoms in total. The van der Waals surface area contributed by atoms with Gasteiger partial charge in [-0.2, -0.15) is 5.10 Å². The summed E-state index contributed by atoms with van der Waals surface area (Å²) >= 11 is 11.3. The highest BCUT2D eigenvalue weighted by atomic mass is 35.5. The van der Waals surface area contributed by atoms with Gasteiger partial charge < -0.3 is 4.74 Å². The molecule has 0 spiro atoms. The summed E-state index contributed by atoms with van der Waals surface area (Å²) in [5, 5.41) is 7.82. The van der Waals surface area contributed by atoms with Gasteiger partial charge in [-0.1, -0.05) is 41.9 Å². The van der Waals surface area contributed by atoms with Crippen molar-refractivity contribution in [3.8, 4) is 5.75 Å². The molecule has 0 unspecified atom stereocenters. The summed E-state index contributed by atoms with van der Waals surface area (Å²) in [6.07, 6.45) is 0. The Hall–Kier alpha value is -2.11. The van der Waals surface area contributed by atoms with Crippen molar-refractivity contribution in [2.24, 2.45) is 0 Å². The van der Waals surface area contributed by atoms with Crippen molar-refractivity contribution in [2.45, 2.75) is 20.1 Å². The number of nitrogens with zero attached hydrogens (tertiary/aromatic N) is 2. The first-order valence-electron chi connectivity index (χ1n) is 7.20. The van der Waals surface area contributed by atoms with Crippen LogP contribution in [0.3, 0.4) is 0 Å². The molecule has 0 aliphatic rings. The fourth-order valence-electron chi connectivity index (χ4n) is 2.24. The van der Waals surface area contributed by atoms with Gasteiger partial charge in [-0.25, -0.2) is 0 Å². The number of ether oxygens (including phenoxy) is 1. The van der Waals surface area contributed by atoms with Gasteiger partial charge in [0.15, 0.2) is 10.6 Å². The van der Waals surface area contributed by atoms with Crippen LogP contribution in [-0.2, 0) is 13.2 Å². The lowest BCUT2D eigenvalue weighted by Crippen LogP contribution is -2.08. The highest BCUT2D eigenvalue weighted by Gasteiger charge is 2.08. The molecule has 0 aliphatic heterocycles. The number of hydrogen-bond donors (Lipinski definition) is 1. The maximum Gasteiger partial charge on any atom is 0.195 e. The van der Waals surface area contributed by atoms with E-state index < -0.39 is 0 Å². The summed E-state index contributed by atoms with van der Waals surface area (Å²) < 4.78 is 8.33. The SMILES string of the molecule is Cc1cc(OCc2n[nH]c(=S)n2Cc2ccccc2)ccc1Cl. The van der Waals surface area contributed by atoms with Crippen molar-refractivity contribution in [1.82, 2.24) is 14.8 Å². The average molecular weight is 346 g/mol. The highest BCUT2D eigenvalue weighted by Crippen LogP contribution is 2.21. The van der Waals surface area contributed by atoms with Crippen molar-refractivity contribution in [2.75, 3.05) is 0 Å². The maximum atomic E-state index is 6.03. The number of aryl methyl sites for hydroxylation is 1. The van der Waals surface area contributed by atoms with Gasteiger partial charge in [0.25, 0.3) is 0 Å². The average Bonchev–Trinajstić information content (AvgIpc) is 2.90. The number of hydrogen-bond acceptors (Lipinski definition) is 3. The Morgan fingerprint density at radius 3 is 2.74 bits per heavy atom. The van der Waals surface area contributed by atoms with Crippen LogP contribution >= 0.6 is 23.8 Å². The lowest BCUT2D eigenvalue weighted by molar-refractivity contribution is 0.289. The van der Waals surface area contributed by atoms with Crippen molar-refractivity contribution >= 4 is 23.8 Å². The molecule has 118 valence electrons. The van der Waals surface area contributed by atoms with E-state index >= 15 is 0 Å². The Morgan fingerprint density at radius 1 is 1.22 bits per heavy atom. The zero-order valence-electron chi connectivity index (χ0n) is 12.6. The topological polar surface area (TPSA) is 42.8 Å². The predicted octanol–water partition coefficient (Wildman–Crippen LogP) is 4.53. The molecule has 1 heterocycles. The second-order valence-corrected chi connectivity index (χ2v) is 6.01. The molecule has 0 atom stereocenters. The van der Waals surface area contributed by atoms with E-state index in [2.05, 4.69) is 22.3 Å². The van der Waals surface area contributed by atoms with Crippen LogP contribution in [0.25, 0.3) is 0 Å². The Bertz CT molecular complexity index is 858. The molecule has 6 heteroatoms. The summed E-state index contributed by atoms with van der Waals surface area (Å²) in [6.45, 7) is 2.94. The smallest absolute Gasteiger partial charge is 0.195 e. The summed E-state index contributed by atoms with van der Waals surface area (Å²) in [7, 11) is 0. The fourth-order valence-corrected chi connectivity index (χ4v) is 2.58. The Morgan fingerprint density at radius 2 is 2.00 bits per heavy atom.